The Morgan fingerprint density at radius 3 is 2.54 bits per heavy atom. The molecule has 0 radical (unpaired) electrons. The summed E-state index contributed by atoms with van der Waals surface area (Å²) in [5.74, 6) is -0.549. The number of hydrogen-bond acceptors (Lipinski definition) is 8. The van der Waals surface area contributed by atoms with E-state index in [0.717, 1.165) is 61.4 Å². The van der Waals surface area contributed by atoms with Crippen LogP contribution in [0.1, 0.15) is 75.0 Å². The van der Waals surface area contributed by atoms with E-state index in [1.54, 1.807) is 33.9 Å². The third kappa shape index (κ3) is 8.61. The molecular weight excluding hydrogens is 635 g/mol. The Labute approximate surface area is 293 Å². The van der Waals surface area contributed by atoms with Crippen LogP contribution in [0.4, 0.5) is 14.9 Å². The molecule has 2 fully saturated rings. The molecule has 1 aliphatic carbocycles. The highest BCUT2D eigenvalue weighted by Gasteiger charge is 2.30. The summed E-state index contributed by atoms with van der Waals surface area (Å²) < 4.78 is 28.9. The quantitative estimate of drug-likeness (QED) is 0.170. The van der Waals surface area contributed by atoms with Crippen LogP contribution in [0.5, 0.6) is 5.75 Å². The fraction of sp³-hybridized carbons (Fsp3) is 0.487. The Kier molecular flexibility index (Phi) is 10.4. The minimum atomic E-state index is -0.618. The third-order valence-corrected chi connectivity index (χ3v) is 9.38. The van der Waals surface area contributed by atoms with Crippen LogP contribution < -0.4 is 15.1 Å². The summed E-state index contributed by atoms with van der Waals surface area (Å²) in [5, 5.41) is 0.348. The predicted octanol–water partition coefficient (Wildman–Crippen LogP) is 6.80. The van der Waals surface area contributed by atoms with Crippen molar-refractivity contribution < 1.29 is 18.7 Å². The van der Waals surface area contributed by atoms with Crippen LogP contribution in [-0.2, 0) is 17.8 Å². The lowest BCUT2D eigenvalue weighted by Gasteiger charge is -2.40. The van der Waals surface area contributed by atoms with E-state index in [0.29, 0.717) is 29.6 Å². The van der Waals surface area contributed by atoms with E-state index in [2.05, 4.69) is 36.5 Å². The number of aromatic nitrogens is 3. The number of rotatable bonds is 11. The lowest BCUT2D eigenvalue weighted by molar-refractivity contribution is 0.0277. The standard InChI is InChI=1S/C39H49FN6O4/c1-26-9-10-31(21-42-26)44-15-7-8-32(25-44)45(22-28-13-14-41-27(2)18-28)23-29-24-46(30-11-12-30)35-20-36(34(40)19-33(35)37(29)47)49-17-16-43(6)38(48)50-39(3,4)5/h9-10,13-14,18-21,24,30,32H,7-8,11-12,15-17,22-23,25H2,1-6H3/t32-/m0/s1. The van der Waals surface area contributed by atoms with Gasteiger partial charge in [0.15, 0.2) is 17.0 Å². The van der Waals surface area contributed by atoms with E-state index in [1.165, 1.54) is 11.0 Å². The molecule has 2 aliphatic rings. The normalized spacial score (nSPS) is 16.6. The van der Waals surface area contributed by atoms with E-state index in [-0.39, 0.29) is 36.4 Å². The Bertz CT molecular complexity index is 1890. The van der Waals surface area contributed by atoms with Crippen LogP contribution in [0.25, 0.3) is 10.9 Å². The molecular formula is C39H49FN6O4. The monoisotopic (exact) mass is 684 g/mol. The van der Waals surface area contributed by atoms with Crippen molar-refractivity contribution in [1.82, 2.24) is 24.3 Å². The zero-order chi connectivity index (χ0) is 35.6. The molecule has 6 rings (SSSR count). The number of fused-ring (bicyclic) bond motifs is 1. The largest absolute Gasteiger partial charge is 0.489 e. The van der Waals surface area contributed by atoms with Crippen molar-refractivity contribution in [3.8, 4) is 5.75 Å². The third-order valence-electron chi connectivity index (χ3n) is 9.38. The van der Waals surface area contributed by atoms with Crippen molar-refractivity contribution in [2.45, 2.75) is 91.1 Å². The fourth-order valence-corrected chi connectivity index (χ4v) is 6.61. The second-order valence-electron chi connectivity index (χ2n) is 14.8. The molecule has 0 bridgehead atoms. The number of anilines is 1. The van der Waals surface area contributed by atoms with E-state index in [1.807, 2.05) is 44.6 Å². The molecule has 1 aliphatic heterocycles. The minimum Gasteiger partial charge on any atom is -0.489 e. The summed E-state index contributed by atoms with van der Waals surface area (Å²) in [7, 11) is 1.62. The number of carbonyl (C=O) groups is 1. The SMILES string of the molecule is Cc1ccc(N2CCC[C@H](N(Cc3ccnc(C)c3)Cc3cn(C4CC4)c4cc(OCCN(C)C(=O)OC(C)(C)C)c(F)cc4c3=O)C2)cn1. The Morgan fingerprint density at radius 1 is 1.04 bits per heavy atom. The molecule has 0 spiro atoms. The van der Waals surface area contributed by atoms with Crippen molar-refractivity contribution in [3.63, 3.8) is 0 Å². The first-order chi connectivity index (χ1) is 23.8. The van der Waals surface area contributed by atoms with Crippen LogP contribution in [0.2, 0.25) is 0 Å². The molecule has 4 heterocycles. The maximum Gasteiger partial charge on any atom is 0.410 e. The number of hydrogen-bond donors (Lipinski definition) is 0. The highest BCUT2D eigenvalue weighted by atomic mass is 19.1. The summed E-state index contributed by atoms with van der Waals surface area (Å²) in [5.41, 5.74) is 4.70. The average molecular weight is 685 g/mol. The molecule has 1 amide bonds. The molecule has 3 aromatic heterocycles. The summed E-state index contributed by atoms with van der Waals surface area (Å²) >= 11 is 0. The Balaban J connectivity index is 1.27. The van der Waals surface area contributed by atoms with Crippen LogP contribution in [-0.4, -0.2) is 75.4 Å². The van der Waals surface area contributed by atoms with Gasteiger partial charge in [0.25, 0.3) is 0 Å². The zero-order valence-electron chi connectivity index (χ0n) is 30.1. The highest BCUT2D eigenvalue weighted by molar-refractivity contribution is 5.81. The van der Waals surface area contributed by atoms with Crippen LogP contribution in [0.3, 0.4) is 0 Å². The smallest absolute Gasteiger partial charge is 0.410 e. The highest BCUT2D eigenvalue weighted by Crippen LogP contribution is 2.38. The predicted molar refractivity (Wildman–Crippen MR) is 193 cm³/mol. The maximum absolute atomic E-state index is 15.6. The molecule has 4 aromatic rings. The van der Waals surface area contributed by atoms with Gasteiger partial charge in [-0.2, -0.15) is 0 Å². The van der Waals surface area contributed by atoms with Gasteiger partial charge in [0.1, 0.15) is 12.2 Å². The number of amides is 1. The van der Waals surface area contributed by atoms with E-state index >= 15 is 4.39 Å². The molecule has 1 aromatic carbocycles. The van der Waals surface area contributed by atoms with Gasteiger partial charge in [-0.1, -0.05) is 0 Å². The molecule has 0 unspecified atom stereocenters. The number of likely N-dealkylation sites (N-methyl/N-ethyl adjacent to an activating group) is 1. The number of piperidine rings is 1. The molecule has 0 N–H and O–H groups in total. The first-order valence-corrected chi connectivity index (χ1v) is 17.6. The molecule has 1 saturated carbocycles. The van der Waals surface area contributed by atoms with Crippen LogP contribution in [0.15, 0.2) is 59.8 Å². The Morgan fingerprint density at radius 2 is 1.84 bits per heavy atom. The van der Waals surface area contributed by atoms with Crippen molar-refractivity contribution in [2.24, 2.45) is 0 Å². The summed E-state index contributed by atoms with van der Waals surface area (Å²) in [6.45, 7) is 12.5. The van der Waals surface area contributed by atoms with E-state index in [9.17, 15) is 9.59 Å². The number of aryl methyl sites for hydroxylation is 2. The van der Waals surface area contributed by atoms with E-state index in [4.69, 9.17) is 9.47 Å². The van der Waals surface area contributed by atoms with E-state index < -0.39 is 17.5 Å². The second kappa shape index (κ2) is 14.8. The van der Waals surface area contributed by atoms with Crippen molar-refractivity contribution in [1.29, 1.82) is 0 Å². The summed E-state index contributed by atoms with van der Waals surface area (Å²) in [6, 6.07) is 11.7. The Hall–Kier alpha value is -4.51. The van der Waals surface area contributed by atoms with Crippen molar-refractivity contribution in [3.05, 3.63) is 93.5 Å². The maximum atomic E-state index is 15.6. The number of pyridine rings is 3. The second-order valence-corrected chi connectivity index (χ2v) is 14.8. The molecule has 11 heteroatoms. The average Bonchev–Trinajstić information content (AvgIpc) is 3.91. The van der Waals surface area contributed by atoms with Crippen LogP contribution >= 0.6 is 0 Å². The molecule has 266 valence electrons. The van der Waals surface area contributed by atoms with Gasteiger partial charge in [0.2, 0.25) is 0 Å². The first-order valence-electron chi connectivity index (χ1n) is 17.6. The zero-order valence-corrected chi connectivity index (χ0v) is 30.1. The number of nitrogens with zero attached hydrogens (tertiary/aromatic N) is 6. The van der Waals surface area contributed by atoms with Gasteiger partial charge in [0.05, 0.1) is 23.9 Å². The fourth-order valence-electron chi connectivity index (χ4n) is 6.61. The van der Waals surface area contributed by atoms with Gasteiger partial charge in [-0.25, -0.2) is 9.18 Å². The number of halogens is 1. The number of ether oxygens (including phenoxy) is 2. The molecule has 1 saturated heterocycles. The number of benzene rings is 1. The lowest BCUT2D eigenvalue weighted by Crippen LogP contribution is -2.48. The summed E-state index contributed by atoms with van der Waals surface area (Å²) in [6.07, 6.45) is 9.30. The molecule has 50 heavy (non-hydrogen) atoms. The van der Waals surface area contributed by atoms with Crippen molar-refractivity contribution >= 4 is 22.7 Å². The van der Waals surface area contributed by atoms with Gasteiger partial charge in [0, 0.05) is 86.1 Å². The van der Waals surface area contributed by atoms with Gasteiger partial charge in [-0.3, -0.25) is 19.7 Å². The lowest BCUT2D eigenvalue weighted by atomic mass is 10.0. The number of carbonyl (C=O) groups excluding carboxylic acids is 1. The minimum absolute atomic E-state index is 0.0548. The van der Waals surface area contributed by atoms with Crippen LogP contribution in [0, 0.1) is 19.7 Å². The van der Waals surface area contributed by atoms with Gasteiger partial charge < -0.3 is 23.8 Å². The topological polar surface area (TPSA) is 93.0 Å². The van der Waals surface area contributed by atoms with Crippen molar-refractivity contribution in [2.75, 3.05) is 38.2 Å². The first kappa shape index (κ1) is 35.3. The van der Waals surface area contributed by atoms with Gasteiger partial charge in [-0.15, -0.1) is 0 Å². The molecule has 1 atom stereocenters. The molecule has 10 nitrogen and oxygen atoms in total. The van der Waals surface area contributed by atoms with Gasteiger partial charge >= 0.3 is 6.09 Å². The summed E-state index contributed by atoms with van der Waals surface area (Å²) in [4.78, 5) is 41.7. The van der Waals surface area contributed by atoms with Gasteiger partial charge in [-0.05, 0) is 96.2 Å².